The summed E-state index contributed by atoms with van der Waals surface area (Å²) in [5.74, 6) is -0.311. The molecule has 0 aromatic heterocycles. The highest BCUT2D eigenvalue weighted by molar-refractivity contribution is 5.95. The number of piperazine rings is 1. The number of amides is 3. The molecule has 0 spiro atoms. The summed E-state index contributed by atoms with van der Waals surface area (Å²) in [5, 5.41) is 2.94. The molecule has 0 radical (unpaired) electrons. The van der Waals surface area contributed by atoms with Gasteiger partial charge in [-0.15, -0.1) is 0 Å². The normalized spacial score (nSPS) is 22.2. The Hall–Kier alpha value is -2.87. The maximum Gasteiger partial charge on any atom is 0.338 e. The van der Waals surface area contributed by atoms with Gasteiger partial charge < -0.3 is 15.0 Å². The summed E-state index contributed by atoms with van der Waals surface area (Å²) < 4.78 is 5.39. The molecule has 2 aliphatic heterocycles. The molecule has 8 nitrogen and oxygen atoms in total. The molecule has 2 atom stereocenters. The SMILES string of the molecule is CCOC(=O)C1=C(CN2CCN(C(=O)C(C)C)[C@@H](C)C2)N(C)C(=O)N[C@@H]1c1ccccc1. The Kier molecular flexibility index (Phi) is 7.56. The summed E-state index contributed by atoms with van der Waals surface area (Å²) in [4.78, 5) is 43.9. The summed E-state index contributed by atoms with van der Waals surface area (Å²) >= 11 is 0. The minimum Gasteiger partial charge on any atom is -0.463 e. The van der Waals surface area contributed by atoms with Crippen molar-refractivity contribution in [2.75, 3.05) is 39.8 Å². The maximum absolute atomic E-state index is 13.0. The minimum atomic E-state index is -0.574. The zero-order valence-corrected chi connectivity index (χ0v) is 19.6. The van der Waals surface area contributed by atoms with Crippen molar-refractivity contribution >= 4 is 17.9 Å². The predicted molar refractivity (Wildman–Crippen MR) is 122 cm³/mol. The van der Waals surface area contributed by atoms with Crippen molar-refractivity contribution in [2.45, 2.75) is 39.8 Å². The lowest BCUT2D eigenvalue weighted by molar-refractivity contribution is -0.139. The van der Waals surface area contributed by atoms with Gasteiger partial charge >= 0.3 is 12.0 Å². The van der Waals surface area contributed by atoms with Gasteiger partial charge in [-0.2, -0.15) is 0 Å². The second-order valence-corrected chi connectivity index (χ2v) is 8.70. The van der Waals surface area contributed by atoms with Crippen molar-refractivity contribution in [3.05, 3.63) is 47.2 Å². The number of rotatable bonds is 6. The molecule has 1 N–H and O–H groups in total. The van der Waals surface area contributed by atoms with Crippen molar-refractivity contribution in [3.8, 4) is 0 Å². The van der Waals surface area contributed by atoms with Crippen LogP contribution in [0.1, 0.15) is 39.3 Å². The average Bonchev–Trinajstić information content (AvgIpc) is 2.77. The monoisotopic (exact) mass is 442 g/mol. The summed E-state index contributed by atoms with van der Waals surface area (Å²) in [6, 6.07) is 8.67. The Balaban J connectivity index is 1.92. The van der Waals surface area contributed by atoms with Crippen LogP contribution in [0, 0.1) is 5.92 Å². The lowest BCUT2D eigenvalue weighted by Gasteiger charge is -2.42. The van der Waals surface area contributed by atoms with Crippen molar-refractivity contribution in [3.63, 3.8) is 0 Å². The molecular formula is C24H34N4O4. The van der Waals surface area contributed by atoms with Gasteiger partial charge in [0.2, 0.25) is 5.91 Å². The first-order valence-corrected chi connectivity index (χ1v) is 11.3. The molecule has 1 saturated heterocycles. The molecule has 0 aliphatic carbocycles. The fourth-order valence-electron chi connectivity index (χ4n) is 4.34. The van der Waals surface area contributed by atoms with Crippen LogP contribution in [-0.2, 0) is 14.3 Å². The summed E-state index contributed by atoms with van der Waals surface area (Å²) in [6.07, 6.45) is 0. The minimum absolute atomic E-state index is 0.0399. The van der Waals surface area contributed by atoms with E-state index in [2.05, 4.69) is 10.2 Å². The van der Waals surface area contributed by atoms with E-state index in [0.29, 0.717) is 37.4 Å². The number of hydrogen-bond donors (Lipinski definition) is 1. The van der Waals surface area contributed by atoms with E-state index in [4.69, 9.17) is 4.74 Å². The molecule has 0 bridgehead atoms. The number of nitrogens with zero attached hydrogens (tertiary/aromatic N) is 3. The van der Waals surface area contributed by atoms with Crippen LogP contribution < -0.4 is 5.32 Å². The fourth-order valence-corrected chi connectivity index (χ4v) is 4.34. The Labute approximate surface area is 190 Å². The topological polar surface area (TPSA) is 82.2 Å². The molecule has 1 fully saturated rings. The zero-order valence-electron chi connectivity index (χ0n) is 19.6. The molecular weight excluding hydrogens is 408 g/mol. The highest BCUT2D eigenvalue weighted by Gasteiger charge is 2.38. The first kappa shape index (κ1) is 23.8. The first-order chi connectivity index (χ1) is 15.2. The number of esters is 1. The lowest BCUT2D eigenvalue weighted by atomic mass is 9.94. The van der Waals surface area contributed by atoms with E-state index < -0.39 is 12.0 Å². The van der Waals surface area contributed by atoms with E-state index in [9.17, 15) is 14.4 Å². The van der Waals surface area contributed by atoms with Gasteiger partial charge in [0.15, 0.2) is 0 Å². The van der Waals surface area contributed by atoms with E-state index in [1.54, 1.807) is 14.0 Å². The fraction of sp³-hybridized carbons (Fsp3) is 0.542. The predicted octanol–water partition coefficient (Wildman–Crippen LogP) is 2.39. The number of likely N-dealkylation sites (N-methyl/N-ethyl adjacent to an activating group) is 1. The number of ether oxygens (including phenoxy) is 1. The second-order valence-electron chi connectivity index (χ2n) is 8.70. The van der Waals surface area contributed by atoms with Gasteiger partial charge in [0.1, 0.15) is 0 Å². The molecule has 3 amide bonds. The Morgan fingerprint density at radius 1 is 1.19 bits per heavy atom. The van der Waals surface area contributed by atoms with Gasteiger partial charge in [-0.1, -0.05) is 44.2 Å². The van der Waals surface area contributed by atoms with Crippen LogP contribution in [-0.4, -0.2) is 78.5 Å². The van der Waals surface area contributed by atoms with Crippen molar-refractivity contribution in [1.82, 2.24) is 20.0 Å². The molecule has 3 rings (SSSR count). The quantitative estimate of drug-likeness (QED) is 0.684. The standard InChI is InChI=1S/C24H34N4O4/c1-6-32-23(30)20-19(15-27-12-13-28(17(4)14-27)22(29)16(2)3)26(5)24(31)25-21(20)18-10-8-7-9-11-18/h7-11,16-17,21H,6,12-15H2,1-5H3,(H,25,31)/t17-,21+/m0/s1. The third-order valence-corrected chi connectivity index (χ3v) is 6.07. The number of benzene rings is 1. The van der Waals surface area contributed by atoms with Crippen LogP contribution in [0.2, 0.25) is 0 Å². The van der Waals surface area contributed by atoms with Crippen LogP contribution >= 0.6 is 0 Å². The van der Waals surface area contributed by atoms with Gasteiger partial charge in [0.05, 0.1) is 18.2 Å². The van der Waals surface area contributed by atoms with Gasteiger partial charge in [-0.25, -0.2) is 9.59 Å². The summed E-state index contributed by atoms with van der Waals surface area (Å²) in [6.45, 7) is 10.3. The van der Waals surface area contributed by atoms with Gasteiger partial charge in [0, 0.05) is 50.9 Å². The number of carbonyl (C=O) groups is 3. The third-order valence-electron chi connectivity index (χ3n) is 6.07. The Morgan fingerprint density at radius 2 is 1.88 bits per heavy atom. The van der Waals surface area contributed by atoms with Gasteiger partial charge in [-0.05, 0) is 19.4 Å². The third kappa shape index (κ3) is 4.96. The Morgan fingerprint density at radius 3 is 2.47 bits per heavy atom. The zero-order chi connectivity index (χ0) is 23.4. The molecule has 2 aliphatic rings. The summed E-state index contributed by atoms with van der Waals surface area (Å²) in [5.41, 5.74) is 1.92. The molecule has 1 aromatic carbocycles. The molecule has 8 heteroatoms. The van der Waals surface area contributed by atoms with E-state index in [1.807, 2.05) is 56.0 Å². The van der Waals surface area contributed by atoms with Crippen LogP contribution in [0.5, 0.6) is 0 Å². The second kappa shape index (κ2) is 10.2. The van der Waals surface area contributed by atoms with E-state index >= 15 is 0 Å². The van der Waals surface area contributed by atoms with E-state index in [0.717, 1.165) is 5.56 Å². The molecule has 2 heterocycles. The number of carbonyl (C=O) groups excluding carboxylic acids is 3. The molecule has 0 unspecified atom stereocenters. The van der Waals surface area contributed by atoms with Crippen molar-refractivity contribution in [2.24, 2.45) is 5.92 Å². The Bertz CT molecular complexity index is 883. The van der Waals surface area contributed by atoms with Crippen LogP contribution in [0.3, 0.4) is 0 Å². The van der Waals surface area contributed by atoms with Crippen LogP contribution in [0.25, 0.3) is 0 Å². The van der Waals surface area contributed by atoms with Crippen molar-refractivity contribution in [1.29, 1.82) is 0 Å². The largest absolute Gasteiger partial charge is 0.463 e. The van der Waals surface area contributed by atoms with Crippen LogP contribution in [0.4, 0.5) is 4.79 Å². The van der Waals surface area contributed by atoms with E-state index in [-0.39, 0.29) is 30.5 Å². The van der Waals surface area contributed by atoms with Gasteiger partial charge in [-0.3, -0.25) is 14.6 Å². The maximum atomic E-state index is 13.0. The first-order valence-electron chi connectivity index (χ1n) is 11.3. The number of urea groups is 1. The molecule has 1 aromatic rings. The highest BCUT2D eigenvalue weighted by atomic mass is 16.5. The average molecular weight is 443 g/mol. The molecule has 32 heavy (non-hydrogen) atoms. The van der Waals surface area contributed by atoms with Gasteiger partial charge in [0.25, 0.3) is 0 Å². The number of hydrogen-bond acceptors (Lipinski definition) is 5. The number of nitrogens with one attached hydrogen (secondary N) is 1. The lowest BCUT2D eigenvalue weighted by Crippen LogP contribution is -2.56. The molecule has 0 saturated carbocycles. The smallest absolute Gasteiger partial charge is 0.338 e. The van der Waals surface area contributed by atoms with Crippen molar-refractivity contribution < 1.29 is 19.1 Å². The van der Waals surface area contributed by atoms with Crippen LogP contribution in [0.15, 0.2) is 41.6 Å². The van der Waals surface area contributed by atoms with E-state index in [1.165, 1.54) is 4.90 Å². The summed E-state index contributed by atoms with van der Waals surface area (Å²) in [7, 11) is 1.67. The molecule has 174 valence electrons. The highest BCUT2D eigenvalue weighted by Crippen LogP contribution is 2.31.